The van der Waals surface area contributed by atoms with E-state index < -0.39 is 47.7 Å². The Balaban J connectivity index is 1.43. The molecule has 2 aromatic carbocycles. The van der Waals surface area contributed by atoms with Gasteiger partial charge in [0.25, 0.3) is 5.91 Å². The van der Waals surface area contributed by atoms with E-state index in [9.17, 15) is 24.3 Å². The van der Waals surface area contributed by atoms with Crippen LogP contribution >= 0.6 is 27.5 Å². The fraction of sp³-hybridized carbons (Fsp3) is 0.459. The van der Waals surface area contributed by atoms with Crippen molar-refractivity contribution in [1.29, 1.82) is 0 Å². The molecule has 4 heterocycles. The molecule has 2 N–H and O–H groups in total. The fourth-order valence-electron chi connectivity index (χ4n) is 7.56. The zero-order chi connectivity index (χ0) is 34.7. The molecule has 0 unspecified atom stereocenters. The fourth-order valence-corrected chi connectivity index (χ4v) is 8.43. The molecule has 0 radical (unpaired) electrons. The molecule has 5 bridgehead atoms. The van der Waals surface area contributed by atoms with E-state index in [-0.39, 0.29) is 43.8 Å². The van der Waals surface area contributed by atoms with Gasteiger partial charge < -0.3 is 29.7 Å². The van der Waals surface area contributed by atoms with Gasteiger partial charge in [0, 0.05) is 41.3 Å². The van der Waals surface area contributed by atoms with Crippen LogP contribution in [0.1, 0.15) is 57.1 Å². The number of nitrogens with one attached hydrogen (secondary N) is 1. The summed E-state index contributed by atoms with van der Waals surface area (Å²) >= 11 is 9.82. The summed E-state index contributed by atoms with van der Waals surface area (Å²) in [5.74, 6) is -3.58. The van der Waals surface area contributed by atoms with Crippen molar-refractivity contribution >= 4 is 56.9 Å². The van der Waals surface area contributed by atoms with Gasteiger partial charge in [-0.2, -0.15) is 0 Å². The normalized spacial score (nSPS) is 31.0. The lowest BCUT2D eigenvalue weighted by Crippen LogP contribution is -2.56. The van der Waals surface area contributed by atoms with E-state index in [1.807, 2.05) is 42.5 Å². The molecule has 1 spiro atoms. The summed E-state index contributed by atoms with van der Waals surface area (Å²) in [5, 5.41) is 12.8. The lowest BCUT2D eigenvalue weighted by atomic mass is 9.74. The van der Waals surface area contributed by atoms with Crippen molar-refractivity contribution in [2.24, 2.45) is 11.8 Å². The van der Waals surface area contributed by atoms with Crippen molar-refractivity contribution in [3.63, 3.8) is 0 Å². The molecule has 49 heavy (non-hydrogen) atoms. The number of aliphatic hydroxyl groups excluding tert-OH is 1. The number of amides is 3. The number of anilines is 1. The highest BCUT2D eigenvalue weighted by atomic mass is 79.9. The summed E-state index contributed by atoms with van der Waals surface area (Å²) in [7, 11) is 0. The first-order valence-electron chi connectivity index (χ1n) is 16.9. The number of esters is 1. The van der Waals surface area contributed by atoms with E-state index in [1.54, 1.807) is 47.1 Å². The van der Waals surface area contributed by atoms with Gasteiger partial charge in [-0.25, -0.2) is 0 Å². The summed E-state index contributed by atoms with van der Waals surface area (Å²) in [6, 6.07) is 14.5. The first-order valence-corrected chi connectivity index (χ1v) is 18.1. The smallest absolute Gasteiger partial charge is 0.313 e. The lowest BCUT2D eigenvalue weighted by Gasteiger charge is -2.36. The number of ether oxygens (including phenoxy) is 2. The van der Waals surface area contributed by atoms with E-state index in [1.165, 1.54) is 0 Å². The maximum Gasteiger partial charge on any atom is 0.313 e. The zero-order valence-electron chi connectivity index (χ0n) is 27.3. The number of hydrogen-bond acceptors (Lipinski definition) is 7. The monoisotopic (exact) mass is 753 g/mol. The Kier molecular flexibility index (Phi) is 10.9. The third kappa shape index (κ3) is 6.95. The quantitative estimate of drug-likeness (QED) is 0.215. The third-order valence-electron chi connectivity index (χ3n) is 9.85. The van der Waals surface area contributed by atoms with Gasteiger partial charge in [-0.1, -0.05) is 82.9 Å². The van der Waals surface area contributed by atoms with Crippen LogP contribution in [-0.4, -0.2) is 77.2 Å². The summed E-state index contributed by atoms with van der Waals surface area (Å²) < 4.78 is 13.5. The lowest BCUT2D eigenvalue weighted by molar-refractivity contribution is -0.161. The molecule has 4 aliphatic rings. The summed E-state index contributed by atoms with van der Waals surface area (Å²) in [5.41, 5.74) is -0.142. The second-order valence-electron chi connectivity index (χ2n) is 13.1. The average Bonchev–Trinajstić information content (AvgIpc) is 3.68. The van der Waals surface area contributed by atoms with Crippen molar-refractivity contribution in [2.45, 2.75) is 75.3 Å². The molecule has 2 aromatic rings. The van der Waals surface area contributed by atoms with E-state index in [0.717, 1.165) is 12.8 Å². The van der Waals surface area contributed by atoms with Gasteiger partial charge in [-0.15, -0.1) is 0 Å². The van der Waals surface area contributed by atoms with E-state index in [4.69, 9.17) is 21.1 Å². The molecule has 2 saturated heterocycles. The SMILES string of the molecule is C[C@@H]1NC(=O)CC/C=C\CN(c2ccc(Cl)cc2)C(=O)[C@H]2N(CCCCCCO)C(=O)[C@@H]3[C@@H](C(=O)O[C@H]1c1ccccc1)[C@@H]1O[C@@]32C=C1Br. The molecule has 3 amide bonds. The number of carbonyl (C=O) groups is 4. The van der Waals surface area contributed by atoms with Crippen LogP contribution < -0.4 is 10.2 Å². The first kappa shape index (κ1) is 35.3. The van der Waals surface area contributed by atoms with E-state index in [2.05, 4.69) is 21.2 Å². The van der Waals surface area contributed by atoms with Crippen molar-refractivity contribution < 1.29 is 33.8 Å². The number of halogens is 2. The van der Waals surface area contributed by atoms with Gasteiger partial charge in [-0.3, -0.25) is 19.2 Å². The van der Waals surface area contributed by atoms with E-state index >= 15 is 0 Å². The molecular weight excluding hydrogens is 714 g/mol. The molecule has 6 rings (SSSR count). The molecule has 260 valence electrons. The molecule has 10 nitrogen and oxygen atoms in total. The minimum Gasteiger partial charge on any atom is -0.455 e. The second-order valence-corrected chi connectivity index (χ2v) is 14.4. The van der Waals surface area contributed by atoms with Crippen molar-refractivity contribution in [2.75, 3.05) is 24.6 Å². The van der Waals surface area contributed by atoms with Crippen LogP contribution in [0.25, 0.3) is 0 Å². The van der Waals surface area contributed by atoms with Gasteiger partial charge in [0.15, 0.2) is 0 Å². The summed E-state index contributed by atoms with van der Waals surface area (Å²) in [6.07, 6.45) is 7.24. The predicted octanol–water partition coefficient (Wildman–Crippen LogP) is 5.24. The molecule has 4 aliphatic heterocycles. The number of likely N-dealkylation sites (tertiary alicyclic amines) is 1. The molecule has 0 saturated carbocycles. The van der Waals surface area contributed by atoms with Crippen LogP contribution in [0.5, 0.6) is 0 Å². The Labute approximate surface area is 299 Å². The van der Waals surface area contributed by atoms with Crippen LogP contribution in [0.15, 0.2) is 77.3 Å². The number of unbranched alkanes of at least 4 members (excludes halogenated alkanes) is 3. The maximum atomic E-state index is 14.9. The number of allylic oxidation sites excluding steroid dienone is 1. The number of rotatable bonds is 8. The molecule has 12 heteroatoms. The molecule has 0 aliphatic carbocycles. The minimum atomic E-state index is -1.42. The van der Waals surface area contributed by atoms with Crippen molar-refractivity contribution in [3.05, 3.63) is 87.9 Å². The number of nitrogens with zero attached hydrogens (tertiary/aromatic N) is 2. The second kappa shape index (κ2) is 15.2. The van der Waals surface area contributed by atoms with Gasteiger partial charge >= 0.3 is 5.97 Å². The molecule has 2 fully saturated rings. The highest BCUT2D eigenvalue weighted by molar-refractivity contribution is 9.11. The maximum absolute atomic E-state index is 14.9. The number of carbonyl (C=O) groups excluding carboxylic acids is 4. The highest BCUT2D eigenvalue weighted by Crippen LogP contribution is 2.59. The van der Waals surface area contributed by atoms with Crippen LogP contribution in [0, 0.1) is 11.8 Å². The van der Waals surface area contributed by atoms with Gasteiger partial charge in [-0.05, 0) is 62.1 Å². The topological polar surface area (TPSA) is 125 Å². The number of aliphatic hydroxyl groups is 1. The third-order valence-corrected chi connectivity index (χ3v) is 10.8. The Morgan fingerprint density at radius 3 is 2.43 bits per heavy atom. The summed E-state index contributed by atoms with van der Waals surface area (Å²) in [6.45, 7) is 2.33. The summed E-state index contributed by atoms with van der Waals surface area (Å²) in [4.78, 5) is 60.1. The van der Waals surface area contributed by atoms with Gasteiger partial charge in [0.1, 0.15) is 29.8 Å². The largest absolute Gasteiger partial charge is 0.455 e. The number of benzene rings is 2. The van der Waals surface area contributed by atoms with Gasteiger partial charge in [0.2, 0.25) is 11.8 Å². The highest BCUT2D eigenvalue weighted by Gasteiger charge is 2.75. The van der Waals surface area contributed by atoms with Crippen molar-refractivity contribution in [1.82, 2.24) is 10.2 Å². The molecule has 0 aromatic heterocycles. The number of fused-ring (bicyclic) bond motifs is 2. The standard InChI is InChI=1S/C37H41BrClN3O7/c1-23-31(24-12-6-4-7-13-24)48-36(47)29-30-34(45)42(20-9-2-3-11-21-43)33(37(30)22-27(38)32(29)49-37)35(46)41(26-17-15-25(39)16-18-26)19-10-5-8-14-28(44)40-23/h4-7,10,12-13,15-18,22-23,29-33,43H,2-3,8-9,11,14,19-21H2,1H3,(H,40,44)/b10-5-/t23-,29+,30-,31+,32+,33+,37-/m0/s1. The Morgan fingerprint density at radius 1 is 0.959 bits per heavy atom. The Morgan fingerprint density at radius 2 is 1.69 bits per heavy atom. The van der Waals surface area contributed by atoms with Crippen LogP contribution in [0.3, 0.4) is 0 Å². The Hall–Kier alpha value is -3.51. The predicted molar refractivity (Wildman–Crippen MR) is 188 cm³/mol. The average molecular weight is 755 g/mol. The van der Waals surface area contributed by atoms with Crippen LogP contribution in [-0.2, 0) is 28.7 Å². The van der Waals surface area contributed by atoms with Crippen molar-refractivity contribution in [3.8, 4) is 0 Å². The Bertz CT molecular complexity index is 1620. The molecular formula is C37H41BrClN3O7. The molecule has 7 atom stereocenters. The minimum absolute atomic E-state index is 0.0859. The number of hydrogen-bond donors (Lipinski definition) is 2. The zero-order valence-corrected chi connectivity index (χ0v) is 29.6. The first-order chi connectivity index (χ1) is 23.7. The van der Waals surface area contributed by atoms with Crippen LogP contribution in [0.4, 0.5) is 5.69 Å². The van der Waals surface area contributed by atoms with Crippen LogP contribution in [0.2, 0.25) is 5.02 Å². The van der Waals surface area contributed by atoms with Gasteiger partial charge in [0.05, 0.1) is 12.0 Å². The number of cyclic esters (lactones) is 1. The van der Waals surface area contributed by atoms with E-state index in [0.29, 0.717) is 40.0 Å².